The van der Waals surface area contributed by atoms with Crippen LogP contribution in [0.2, 0.25) is 0 Å². The molecule has 0 aromatic heterocycles. The summed E-state index contributed by atoms with van der Waals surface area (Å²) in [4.78, 5) is 34.4. The number of carbonyl (C=O) groups excluding carboxylic acids is 2. The summed E-state index contributed by atoms with van der Waals surface area (Å²) in [6, 6.07) is 2.63. The van der Waals surface area contributed by atoms with Crippen molar-refractivity contribution in [1.82, 2.24) is 5.32 Å². The number of ether oxygens (including phenoxy) is 3. The van der Waals surface area contributed by atoms with Gasteiger partial charge in [-0.15, -0.1) is 0 Å². The van der Waals surface area contributed by atoms with E-state index in [-0.39, 0.29) is 23.8 Å². The molecular formula is C17H20N2O7. The van der Waals surface area contributed by atoms with Crippen LogP contribution in [0.5, 0.6) is 11.5 Å². The number of nitrogens with one attached hydrogen (secondary N) is 1. The van der Waals surface area contributed by atoms with Crippen LogP contribution in [0, 0.1) is 10.1 Å². The van der Waals surface area contributed by atoms with E-state index in [0.29, 0.717) is 5.75 Å². The molecule has 0 spiro atoms. The van der Waals surface area contributed by atoms with E-state index >= 15 is 0 Å². The first kappa shape index (κ1) is 19.2. The van der Waals surface area contributed by atoms with E-state index in [4.69, 9.17) is 14.2 Å². The van der Waals surface area contributed by atoms with Crippen LogP contribution in [-0.4, -0.2) is 35.2 Å². The summed E-state index contributed by atoms with van der Waals surface area (Å²) in [5.74, 6) is -0.618. The van der Waals surface area contributed by atoms with Gasteiger partial charge in [0.05, 0.1) is 16.6 Å². The Morgan fingerprint density at radius 3 is 2.50 bits per heavy atom. The molecule has 140 valence electrons. The van der Waals surface area contributed by atoms with Gasteiger partial charge in [-0.05, 0) is 39.8 Å². The Labute approximate surface area is 150 Å². The molecule has 0 unspecified atom stereocenters. The zero-order valence-corrected chi connectivity index (χ0v) is 14.9. The zero-order chi connectivity index (χ0) is 19.5. The van der Waals surface area contributed by atoms with Crippen molar-refractivity contribution >= 4 is 23.6 Å². The summed E-state index contributed by atoms with van der Waals surface area (Å²) in [5.41, 5.74) is -0.541. The molecule has 9 nitrogen and oxygen atoms in total. The molecule has 0 radical (unpaired) electrons. The molecule has 1 N–H and O–H groups in total. The number of nitrogens with zero attached hydrogens (tertiary/aromatic N) is 1. The van der Waals surface area contributed by atoms with Gasteiger partial charge in [0, 0.05) is 11.6 Å². The molecule has 1 aliphatic rings. The number of fused-ring (bicyclic) bond motifs is 1. The Morgan fingerprint density at radius 1 is 1.31 bits per heavy atom. The van der Waals surface area contributed by atoms with Crippen molar-refractivity contribution < 1.29 is 28.7 Å². The molecule has 26 heavy (non-hydrogen) atoms. The fraction of sp³-hybridized carbons (Fsp3) is 0.412. The largest absolute Gasteiger partial charge is 0.454 e. The Bertz CT molecular complexity index is 765. The lowest BCUT2D eigenvalue weighted by Gasteiger charge is -2.22. The van der Waals surface area contributed by atoms with Gasteiger partial charge in [0.15, 0.2) is 17.6 Å². The number of hydrogen-bond donors (Lipinski definition) is 1. The van der Waals surface area contributed by atoms with Gasteiger partial charge in [0.2, 0.25) is 6.79 Å². The van der Waals surface area contributed by atoms with Gasteiger partial charge in [-0.3, -0.25) is 14.9 Å². The normalized spacial score (nSPS) is 14.2. The number of esters is 1. The quantitative estimate of drug-likeness (QED) is 0.368. The van der Waals surface area contributed by atoms with E-state index in [0.717, 1.165) is 6.08 Å². The fourth-order valence-electron chi connectivity index (χ4n) is 2.13. The highest BCUT2D eigenvalue weighted by atomic mass is 16.7. The fourth-order valence-corrected chi connectivity index (χ4v) is 2.13. The molecule has 2 rings (SSSR count). The Morgan fingerprint density at radius 2 is 1.92 bits per heavy atom. The molecule has 1 amide bonds. The van der Waals surface area contributed by atoms with Crippen molar-refractivity contribution in [3.63, 3.8) is 0 Å². The van der Waals surface area contributed by atoms with Crippen LogP contribution in [0.25, 0.3) is 6.08 Å². The topological polar surface area (TPSA) is 117 Å². The molecule has 1 heterocycles. The second-order valence-corrected chi connectivity index (χ2v) is 6.67. The number of carbonyl (C=O) groups is 2. The maximum absolute atomic E-state index is 11.9. The third kappa shape index (κ3) is 4.95. The highest BCUT2D eigenvalue weighted by molar-refractivity contribution is 5.91. The van der Waals surface area contributed by atoms with Crippen LogP contribution in [-0.2, 0) is 14.3 Å². The van der Waals surface area contributed by atoms with Crippen LogP contribution in [0.4, 0.5) is 5.69 Å². The van der Waals surface area contributed by atoms with E-state index in [1.54, 1.807) is 20.8 Å². The van der Waals surface area contributed by atoms with Crippen molar-refractivity contribution in [3.05, 3.63) is 33.9 Å². The minimum atomic E-state index is -1.00. The highest BCUT2D eigenvalue weighted by Gasteiger charge is 2.23. The molecule has 0 bridgehead atoms. The number of nitro groups is 1. The first-order chi connectivity index (χ1) is 12.1. The maximum Gasteiger partial charge on any atom is 0.331 e. The molecule has 1 aliphatic heterocycles. The summed E-state index contributed by atoms with van der Waals surface area (Å²) in [7, 11) is 0. The van der Waals surface area contributed by atoms with Crippen LogP contribution in [0.3, 0.4) is 0 Å². The predicted octanol–water partition coefficient (Wildman–Crippen LogP) is 2.18. The SMILES string of the molecule is C[C@H](OC(=O)/C=C/c1cc2c(cc1[N+](=O)[O-])OCO2)C(=O)NC(C)(C)C. The second-order valence-electron chi connectivity index (χ2n) is 6.67. The second kappa shape index (κ2) is 7.42. The van der Waals surface area contributed by atoms with Gasteiger partial charge in [0.1, 0.15) is 0 Å². The number of hydrogen-bond acceptors (Lipinski definition) is 7. The lowest BCUT2D eigenvalue weighted by atomic mass is 10.1. The summed E-state index contributed by atoms with van der Waals surface area (Å²) in [6.45, 7) is 6.83. The summed E-state index contributed by atoms with van der Waals surface area (Å²) >= 11 is 0. The molecular weight excluding hydrogens is 344 g/mol. The summed E-state index contributed by atoms with van der Waals surface area (Å²) in [6.07, 6.45) is 1.25. The third-order valence-corrected chi connectivity index (χ3v) is 3.28. The van der Waals surface area contributed by atoms with Crippen LogP contribution in [0.15, 0.2) is 18.2 Å². The summed E-state index contributed by atoms with van der Waals surface area (Å²) < 4.78 is 15.3. The molecule has 0 fully saturated rings. The van der Waals surface area contributed by atoms with E-state index in [9.17, 15) is 19.7 Å². The summed E-state index contributed by atoms with van der Waals surface area (Å²) in [5, 5.41) is 13.9. The molecule has 0 aliphatic carbocycles. The molecule has 0 saturated carbocycles. The Hall–Kier alpha value is -3.10. The molecule has 1 aromatic rings. The first-order valence-electron chi connectivity index (χ1n) is 7.85. The maximum atomic E-state index is 11.9. The number of amides is 1. The average Bonchev–Trinajstić information content (AvgIpc) is 2.97. The van der Waals surface area contributed by atoms with Crippen LogP contribution < -0.4 is 14.8 Å². The van der Waals surface area contributed by atoms with Gasteiger partial charge >= 0.3 is 5.97 Å². The predicted molar refractivity (Wildman–Crippen MR) is 91.7 cm³/mol. The number of nitro benzene ring substituents is 1. The number of rotatable bonds is 5. The van der Waals surface area contributed by atoms with E-state index in [2.05, 4.69) is 5.32 Å². The molecule has 1 aromatic carbocycles. The van der Waals surface area contributed by atoms with E-state index < -0.39 is 28.4 Å². The van der Waals surface area contributed by atoms with Gasteiger partial charge in [-0.25, -0.2) is 4.79 Å². The Kier molecular flexibility index (Phi) is 5.49. The highest BCUT2D eigenvalue weighted by Crippen LogP contribution is 2.38. The number of benzene rings is 1. The standard InChI is InChI=1S/C17H20N2O7/c1-10(16(21)18-17(2,3)4)26-15(20)6-5-11-7-13-14(25-9-24-13)8-12(11)19(22)23/h5-8,10H,9H2,1-4H3,(H,18,21)/b6-5+/t10-/m0/s1. The molecule has 1 atom stereocenters. The monoisotopic (exact) mass is 364 g/mol. The van der Waals surface area contributed by atoms with Gasteiger partial charge < -0.3 is 19.5 Å². The van der Waals surface area contributed by atoms with Crippen molar-refractivity contribution in [2.45, 2.75) is 39.3 Å². The third-order valence-electron chi connectivity index (χ3n) is 3.28. The van der Waals surface area contributed by atoms with Gasteiger partial charge in [-0.1, -0.05) is 0 Å². The Balaban J connectivity index is 2.08. The van der Waals surface area contributed by atoms with Crippen molar-refractivity contribution in [3.8, 4) is 11.5 Å². The van der Waals surface area contributed by atoms with Gasteiger partial charge in [-0.2, -0.15) is 0 Å². The zero-order valence-electron chi connectivity index (χ0n) is 14.9. The van der Waals surface area contributed by atoms with Crippen molar-refractivity contribution in [2.75, 3.05) is 6.79 Å². The van der Waals surface area contributed by atoms with Crippen LogP contribution in [0.1, 0.15) is 33.3 Å². The van der Waals surface area contributed by atoms with Crippen molar-refractivity contribution in [1.29, 1.82) is 0 Å². The van der Waals surface area contributed by atoms with E-state index in [1.807, 2.05) is 0 Å². The minimum absolute atomic E-state index is 0.0257. The lowest BCUT2D eigenvalue weighted by Crippen LogP contribution is -2.46. The minimum Gasteiger partial charge on any atom is -0.454 e. The molecule has 9 heteroatoms. The van der Waals surface area contributed by atoms with Crippen LogP contribution >= 0.6 is 0 Å². The van der Waals surface area contributed by atoms with Crippen molar-refractivity contribution in [2.24, 2.45) is 0 Å². The molecule has 0 saturated heterocycles. The van der Waals surface area contributed by atoms with E-state index in [1.165, 1.54) is 25.1 Å². The lowest BCUT2D eigenvalue weighted by molar-refractivity contribution is -0.385. The first-order valence-corrected chi connectivity index (χ1v) is 7.85. The van der Waals surface area contributed by atoms with Gasteiger partial charge in [0.25, 0.3) is 11.6 Å². The average molecular weight is 364 g/mol. The smallest absolute Gasteiger partial charge is 0.331 e.